The van der Waals surface area contributed by atoms with Gasteiger partial charge in [-0.3, -0.25) is 0 Å². The fourth-order valence-electron chi connectivity index (χ4n) is 1.78. The predicted octanol–water partition coefficient (Wildman–Crippen LogP) is 2.11. The van der Waals surface area contributed by atoms with E-state index in [9.17, 15) is 4.79 Å². The maximum Gasteiger partial charge on any atom is 0.343 e. The van der Waals surface area contributed by atoms with E-state index in [2.05, 4.69) is 9.72 Å². The van der Waals surface area contributed by atoms with Crippen LogP contribution in [0.2, 0.25) is 0 Å². The van der Waals surface area contributed by atoms with Gasteiger partial charge in [0.25, 0.3) is 0 Å². The second kappa shape index (κ2) is 6.10. The van der Waals surface area contributed by atoms with E-state index in [0.717, 1.165) is 5.76 Å². The molecule has 0 spiro atoms. The Morgan fingerprint density at radius 1 is 1.35 bits per heavy atom. The first kappa shape index (κ1) is 13.9. The highest BCUT2D eigenvalue weighted by Crippen LogP contribution is 2.22. The fraction of sp³-hybridized carbons (Fsp3) is 0.286. The molecule has 0 aliphatic rings. The highest BCUT2D eigenvalue weighted by Gasteiger charge is 2.16. The molecule has 0 saturated carbocycles. The minimum atomic E-state index is -0.477. The lowest BCUT2D eigenvalue weighted by molar-refractivity contribution is 0.0596. The maximum absolute atomic E-state index is 11.6. The zero-order valence-corrected chi connectivity index (χ0v) is 11.6. The lowest BCUT2D eigenvalue weighted by atomic mass is 10.2. The third-order valence-corrected chi connectivity index (χ3v) is 2.81. The highest BCUT2D eigenvalue weighted by molar-refractivity contribution is 5.92. The second-order valence-electron chi connectivity index (χ2n) is 4.15. The van der Waals surface area contributed by atoms with Crippen molar-refractivity contribution in [1.29, 1.82) is 0 Å². The van der Waals surface area contributed by atoms with Crippen molar-refractivity contribution in [2.45, 2.75) is 6.54 Å². The fourth-order valence-corrected chi connectivity index (χ4v) is 1.78. The average molecular weight is 276 g/mol. The van der Waals surface area contributed by atoms with Gasteiger partial charge < -0.3 is 18.8 Å². The van der Waals surface area contributed by atoms with Gasteiger partial charge in [0.05, 0.1) is 27.0 Å². The summed E-state index contributed by atoms with van der Waals surface area (Å²) < 4.78 is 15.1. The zero-order chi connectivity index (χ0) is 14.5. The Morgan fingerprint density at radius 2 is 2.15 bits per heavy atom. The number of furan rings is 1. The number of pyridine rings is 1. The number of rotatable bonds is 5. The Balaban J connectivity index is 2.22. The van der Waals surface area contributed by atoms with Crippen molar-refractivity contribution in [3.05, 3.63) is 41.9 Å². The summed E-state index contributed by atoms with van der Waals surface area (Å²) in [5, 5.41) is 0. The van der Waals surface area contributed by atoms with Crippen LogP contribution in [-0.2, 0) is 11.3 Å². The Kier molecular flexibility index (Phi) is 4.24. The summed E-state index contributed by atoms with van der Waals surface area (Å²) in [5.74, 6) is 1.26. The van der Waals surface area contributed by atoms with Crippen molar-refractivity contribution in [3.63, 3.8) is 0 Å². The molecule has 0 N–H and O–H groups in total. The largest absolute Gasteiger partial charge is 0.480 e. The Bertz CT molecular complexity index is 581. The summed E-state index contributed by atoms with van der Waals surface area (Å²) in [6.07, 6.45) is 1.62. The Labute approximate surface area is 116 Å². The highest BCUT2D eigenvalue weighted by atomic mass is 16.5. The molecular formula is C14H16N2O4. The van der Waals surface area contributed by atoms with Gasteiger partial charge in [0.15, 0.2) is 0 Å². The summed E-state index contributed by atoms with van der Waals surface area (Å²) in [4.78, 5) is 17.8. The van der Waals surface area contributed by atoms with Crippen LogP contribution >= 0.6 is 0 Å². The zero-order valence-electron chi connectivity index (χ0n) is 11.6. The molecular weight excluding hydrogens is 260 g/mol. The van der Waals surface area contributed by atoms with Crippen LogP contribution in [0.5, 0.6) is 5.88 Å². The molecule has 0 radical (unpaired) electrons. The number of anilines is 1. The summed E-state index contributed by atoms with van der Waals surface area (Å²) in [6.45, 7) is 0.570. The summed E-state index contributed by atoms with van der Waals surface area (Å²) in [7, 11) is 4.66. The molecule has 106 valence electrons. The van der Waals surface area contributed by atoms with Crippen LogP contribution in [0.15, 0.2) is 34.9 Å². The third kappa shape index (κ3) is 2.90. The van der Waals surface area contributed by atoms with E-state index in [4.69, 9.17) is 9.15 Å². The van der Waals surface area contributed by atoms with E-state index in [1.807, 2.05) is 24.1 Å². The molecule has 0 saturated heterocycles. The van der Waals surface area contributed by atoms with Crippen LogP contribution in [0.1, 0.15) is 16.1 Å². The van der Waals surface area contributed by atoms with Crippen LogP contribution in [-0.4, -0.2) is 32.2 Å². The maximum atomic E-state index is 11.6. The first-order valence-electron chi connectivity index (χ1n) is 6.02. The van der Waals surface area contributed by atoms with Crippen molar-refractivity contribution < 1.29 is 18.7 Å². The molecule has 2 heterocycles. The van der Waals surface area contributed by atoms with Crippen molar-refractivity contribution in [3.8, 4) is 5.88 Å². The molecule has 20 heavy (non-hydrogen) atoms. The third-order valence-electron chi connectivity index (χ3n) is 2.81. The van der Waals surface area contributed by atoms with Gasteiger partial charge in [-0.15, -0.1) is 0 Å². The number of carbonyl (C=O) groups is 1. The van der Waals surface area contributed by atoms with Gasteiger partial charge in [0.2, 0.25) is 5.88 Å². The number of esters is 1. The van der Waals surface area contributed by atoms with Crippen molar-refractivity contribution in [2.75, 3.05) is 26.2 Å². The number of hydrogen-bond acceptors (Lipinski definition) is 6. The first-order chi connectivity index (χ1) is 9.65. The number of nitrogens with zero attached hydrogens (tertiary/aromatic N) is 2. The molecule has 0 aliphatic carbocycles. The molecule has 6 nitrogen and oxygen atoms in total. The van der Waals surface area contributed by atoms with Gasteiger partial charge in [0, 0.05) is 7.05 Å². The summed E-state index contributed by atoms with van der Waals surface area (Å²) in [6, 6.07) is 7.08. The van der Waals surface area contributed by atoms with Crippen molar-refractivity contribution in [1.82, 2.24) is 4.98 Å². The minimum absolute atomic E-state index is 0.237. The number of ether oxygens (including phenoxy) is 2. The van der Waals surface area contributed by atoms with E-state index >= 15 is 0 Å². The van der Waals surface area contributed by atoms with Crippen molar-refractivity contribution >= 4 is 11.8 Å². The average Bonchev–Trinajstić information content (AvgIpc) is 2.98. The molecule has 0 bridgehead atoms. The lowest BCUT2D eigenvalue weighted by Crippen LogP contribution is -2.18. The van der Waals surface area contributed by atoms with Crippen LogP contribution in [0.25, 0.3) is 0 Å². The van der Waals surface area contributed by atoms with Gasteiger partial charge in [-0.2, -0.15) is 4.98 Å². The molecule has 2 aromatic heterocycles. The molecule has 0 aliphatic heterocycles. The predicted molar refractivity (Wildman–Crippen MR) is 72.9 cm³/mol. The molecule has 0 aromatic carbocycles. The topological polar surface area (TPSA) is 64.8 Å². The van der Waals surface area contributed by atoms with E-state index in [1.54, 1.807) is 18.4 Å². The Morgan fingerprint density at radius 3 is 2.75 bits per heavy atom. The number of methoxy groups -OCH3 is 2. The molecule has 2 aromatic rings. The van der Waals surface area contributed by atoms with Crippen LogP contribution in [0.3, 0.4) is 0 Å². The van der Waals surface area contributed by atoms with Crippen LogP contribution in [0, 0.1) is 0 Å². The molecule has 0 atom stereocenters. The van der Waals surface area contributed by atoms with Gasteiger partial charge in [-0.05, 0) is 24.3 Å². The Hall–Kier alpha value is -2.50. The number of aromatic nitrogens is 1. The van der Waals surface area contributed by atoms with Crippen LogP contribution < -0.4 is 9.64 Å². The number of carbonyl (C=O) groups excluding carboxylic acids is 1. The number of hydrogen-bond donors (Lipinski definition) is 0. The standard InChI is InChI=1S/C14H16N2O4/c1-16(9-10-5-4-8-20-10)12-7-6-11(14(17)19-3)13(15-12)18-2/h4-8H,9H2,1-3H3. The molecule has 2 rings (SSSR count). The van der Waals surface area contributed by atoms with Gasteiger partial charge in [-0.25, -0.2) is 4.79 Å². The molecule has 0 fully saturated rings. The SMILES string of the molecule is COC(=O)c1ccc(N(C)Cc2ccco2)nc1OC. The van der Waals surface area contributed by atoms with E-state index in [0.29, 0.717) is 17.9 Å². The summed E-state index contributed by atoms with van der Waals surface area (Å²) >= 11 is 0. The normalized spacial score (nSPS) is 10.2. The smallest absolute Gasteiger partial charge is 0.343 e. The second-order valence-corrected chi connectivity index (χ2v) is 4.15. The van der Waals surface area contributed by atoms with E-state index in [1.165, 1.54) is 14.2 Å². The monoisotopic (exact) mass is 276 g/mol. The molecule has 6 heteroatoms. The lowest BCUT2D eigenvalue weighted by Gasteiger charge is -2.18. The van der Waals surface area contributed by atoms with Crippen molar-refractivity contribution in [2.24, 2.45) is 0 Å². The molecule has 0 unspecified atom stereocenters. The minimum Gasteiger partial charge on any atom is -0.480 e. The summed E-state index contributed by atoms with van der Waals surface area (Å²) in [5.41, 5.74) is 0.296. The van der Waals surface area contributed by atoms with Gasteiger partial charge in [0.1, 0.15) is 17.1 Å². The van der Waals surface area contributed by atoms with Gasteiger partial charge in [-0.1, -0.05) is 0 Å². The van der Waals surface area contributed by atoms with E-state index < -0.39 is 5.97 Å². The van der Waals surface area contributed by atoms with Crippen LogP contribution in [0.4, 0.5) is 5.82 Å². The van der Waals surface area contributed by atoms with Gasteiger partial charge >= 0.3 is 5.97 Å². The quantitative estimate of drug-likeness (QED) is 0.779. The van der Waals surface area contributed by atoms with E-state index in [-0.39, 0.29) is 5.88 Å². The molecule has 0 amide bonds. The first-order valence-corrected chi connectivity index (χ1v) is 6.02.